The lowest BCUT2D eigenvalue weighted by Gasteiger charge is -2.20. The smallest absolute Gasteiger partial charge is 0.220 e. The molecule has 0 aromatic rings. The number of allylic oxidation sites excluding steroid dienone is 17. The van der Waals surface area contributed by atoms with Crippen LogP contribution in [0.25, 0.3) is 0 Å². The van der Waals surface area contributed by atoms with Crippen molar-refractivity contribution in [3.8, 4) is 0 Å². The van der Waals surface area contributed by atoms with Crippen molar-refractivity contribution in [2.75, 3.05) is 6.61 Å². The SMILES string of the molecule is CC/C=C\C/C=C\C/C=C\C/C=C\C/C=C\C/C=C\C/C=C\C/C=C\CCCCCCCCCCCCCCCCC(=O)NC(CO)C(O)/C=C/CCCCCCCCCCCC. The number of aliphatic hydroxyl groups excluding tert-OH is 2. The highest BCUT2D eigenvalue weighted by atomic mass is 16.3. The Balaban J connectivity index is 3.54. The van der Waals surface area contributed by atoms with Gasteiger partial charge in [0.05, 0.1) is 18.8 Å². The van der Waals surface area contributed by atoms with Gasteiger partial charge in [-0.25, -0.2) is 0 Å². The third kappa shape index (κ3) is 49.9. The zero-order valence-corrected chi connectivity index (χ0v) is 41.3. The van der Waals surface area contributed by atoms with Gasteiger partial charge < -0.3 is 15.5 Å². The Morgan fingerprint density at radius 1 is 0.397 bits per heavy atom. The van der Waals surface area contributed by atoms with Crippen molar-refractivity contribution in [3.05, 3.63) is 109 Å². The summed E-state index contributed by atoms with van der Waals surface area (Å²) < 4.78 is 0. The molecule has 0 aliphatic carbocycles. The second-order valence-electron chi connectivity index (χ2n) is 17.6. The Bertz CT molecular complexity index is 1220. The maximum Gasteiger partial charge on any atom is 0.220 e. The van der Waals surface area contributed by atoms with E-state index in [0.29, 0.717) is 6.42 Å². The summed E-state index contributed by atoms with van der Waals surface area (Å²) in [6, 6.07) is -0.626. The number of unbranched alkanes of at least 4 members (excludes halogenated alkanes) is 24. The number of hydrogen-bond acceptors (Lipinski definition) is 3. The number of amides is 1. The van der Waals surface area contributed by atoms with Crippen LogP contribution >= 0.6 is 0 Å². The Kier molecular flexibility index (Phi) is 50.9. The first-order valence-corrected chi connectivity index (χ1v) is 26.6. The first-order valence-electron chi connectivity index (χ1n) is 26.6. The van der Waals surface area contributed by atoms with Crippen LogP contribution in [-0.4, -0.2) is 34.9 Å². The van der Waals surface area contributed by atoms with Crippen molar-refractivity contribution in [2.24, 2.45) is 0 Å². The predicted molar refractivity (Wildman–Crippen MR) is 280 cm³/mol. The van der Waals surface area contributed by atoms with E-state index in [-0.39, 0.29) is 12.5 Å². The molecule has 4 heteroatoms. The van der Waals surface area contributed by atoms with Gasteiger partial charge in [0.1, 0.15) is 0 Å². The Morgan fingerprint density at radius 3 is 1.05 bits per heavy atom. The van der Waals surface area contributed by atoms with Crippen molar-refractivity contribution in [2.45, 2.75) is 251 Å². The molecular formula is C59H101NO3. The molecule has 0 aromatic carbocycles. The van der Waals surface area contributed by atoms with Crippen molar-refractivity contribution in [1.29, 1.82) is 0 Å². The lowest BCUT2D eigenvalue weighted by Crippen LogP contribution is -2.45. The van der Waals surface area contributed by atoms with Crippen LogP contribution in [-0.2, 0) is 4.79 Å². The third-order valence-corrected chi connectivity index (χ3v) is 11.5. The molecule has 0 rings (SSSR count). The van der Waals surface area contributed by atoms with Gasteiger partial charge in [0.15, 0.2) is 0 Å². The standard InChI is InChI=1S/C59H101NO3/c1-3-5-7-9-11-13-15-17-18-19-20-21-22-23-24-25-26-27-28-29-30-31-32-33-34-35-36-37-38-39-40-41-42-43-45-47-49-51-53-55-59(63)60-57(56-61)58(62)54-52-50-48-46-44-16-14-12-10-8-6-4-2/h5,7,11,13,17-18,20-21,23-24,26-27,29-30,32-33,52,54,57-58,61-62H,3-4,6,8-10,12,14-16,19,22,25,28,31,34-51,53,55-56H2,1-2H3,(H,60,63)/b7-5-,13-11-,18-17-,21-20-,24-23-,27-26-,30-29-,33-32-,54-52+. The Hall–Kier alpha value is -2.95. The van der Waals surface area contributed by atoms with Gasteiger partial charge in [-0.1, -0.05) is 258 Å². The fourth-order valence-corrected chi connectivity index (χ4v) is 7.49. The van der Waals surface area contributed by atoms with E-state index in [1.807, 2.05) is 6.08 Å². The second-order valence-corrected chi connectivity index (χ2v) is 17.6. The number of rotatable bonds is 47. The molecule has 0 saturated heterocycles. The third-order valence-electron chi connectivity index (χ3n) is 11.5. The van der Waals surface area contributed by atoms with Gasteiger partial charge in [-0.3, -0.25) is 4.79 Å². The molecule has 2 atom stereocenters. The number of carbonyl (C=O) groups is 1. The van der Waals surface area contributed by atoms with E-state index in [4.69, 9.17) is 0 Å². The van der Waals surface area contributed by atoms with E-state index in [0.717, 1.165) is 77.0 Å². The van der Waals surface area contributed by atoms with Crippen LogP contribution < -0.4 is 5.32 Å². The van der Waals surface area contributed by atoms with Crippen LogP contribution in [0.15, 0.2) is 109 Å². The summed E-state index contributed by atoms with van der Waals surface area (Å²) in [5, 5.41) is 23.0. The molecule has 2 unspecified atom stereocenters. The molecule has 0 radical (unpaired) electrons. The van der Waals surface area contributed by atoms with Gasteiger partial charge in [-0.2, -0.15) is 0 Å². The first kappa shape index (κ1) is 60.1. The highest BCUT2D eigenvalue weighted by molar-refractivity contribution is 5.76. The van der Waals surface area contributed by atoms with E-state index >= 15 is 0 Å². The molecule has 0 aliphatic heterocycles. The van der Waals surface area contributed by atoms with Crippen LogP contribution in [0.4, 0.5) is 0 Å². The molecule has 360 valence electrons. The van der Waals surface area contributed by atoms with Gasteiger partial charge in [0.25, 0.3) is 0 Å². The maximum atomic E-state index is 12.4. The first-order chi connectivity index (χ1) is 31.2. The summed E-state index contributed by atoms with van der Waals surface area (Å²) in [7, 11) is 0. The minimum Gasteiger partial charge on any atom is -0.394 e. The Labute approximate surface area is 391 Å². The molecule has 0 fully saturated rings. The number of carbonyl (C=O) groups excluding carboxylic acids is 1. The molecule has 63 heavy (non-hydrogen) atoms. The van der Waals surface area contributed by atoms with E-state index in [9.17, 15) is 15.0 Å². The van der Waals surface area contributed by atoms with E-state index in [1.54, 1.807) is 6.08 Å². The average molecular weight is 872 g/mol. The van der Waals surface area contributed by atoms with Gasteiger partial charge in [-0.05, 0) is 83.5 Å². The highest BCUT2D eigenvalue weighted by Crippen LogP contribution is 2.15. The molecular weight excluding hydrogens is 771 g/mol. The van der Waals surface area contributed by atoms with Gasteiger partial charge in [0.2, 0.25) is 5.91 Å². The molecule has 0 saturated carbocycles. The van der Waals surface area contributed by atoms with Crippen LogP contribution in [0.3, 0.4) is 0 Å². The van der Waals surface area contributed by atoms with Crippen LogP contribution in [0, 0.1) is 0 Å². The zero-order valence-electron chi connectivity index (χ0n) is 41.3. The quantitative estimate of drug-likeness (QED) is 0.0421. The van der Waals surface area contributed by atoms with E-state index in [2.05, 4.69) is 116 Å². The van der Waals surface area contributed by atoms with Gasteiger partial charge in [0, 0.05) is 6.42 Å². The summed E-state index contributed by atoms with van der Waals surface area (Å²) in [5.74, 6) is -0.0691. The molecule has 0 heterocycles. The Morgan fingerprint density at radius 2 is 0.698 bits per heavy atom. The summed E-state index contributed by atoms with van der Waals surface area (Å²) in [5.41, 5.74) is 0. The molecule has 3 N–H and O–H groups in total. The van der Waals surface area contributed by atoms with E-state index < -0.39 is 12.1 Å². The van der Waals surface area contributed by atoms with Gasteiger partial charge in [-0.15, -0.1) is 0 Å². The largest absolute Gasteiger partial charge is 0.394 e. The zero-order chi connectivity index (χ0) is 45.6. The summed E-state index contributed by atoms with van der Waals surface area (Å²) >= 11 is 0. The van der Waals surface area contributed by atoms with Crippen LogP contribution in [0.5, 0.6) is 0 Å². The van der Waals surface area contributed by atoms with Crippen molar-refractivity contribution in [1.82, 2.24) is 5.32 Å². The normalized spacial score (nSPS) is 13.8. The topological polar surface area (TPSA) is 69.6 Å². The minimum absolute atomic E-state index is 0.0691. The molecule has 1 amide bonds. The fraction of sp³-hybridized carbons (Fsp3) is 0.678. The van der Waals surface area contributed by atoms with Gasteiger partial charge >= 0.3 is 0 Å². The number of nitrogens with one attached hydrogen (secondary N) is 1. The average Bonchev–Trinajstić information content (AvgIpc) is 3.29. The van der Waals surface area contributed by atoms with E-state index in [1.165, 1.54) is 141 Å². The monoisotopic (exact) mass is 872 g/mol. The second kappa shape index (κ2) is 53.4. The molecule has 4 nitrogen and oxygen atoms in total. The number of aliphatic hydroxyl groups is 2. The summed E-state index contributed by atoms with van der Waals surface area (Å²) in [6.07, 6.45) is 80.9. The molecule has 0 aliphatic rings. The predicted octanol–water partition coefficient (Wildman–Crippen LogP) is 17.5. The lowest BCUT2D eigenvalue weighted by atomic mass is 10.0. The van der Waals surface area contributed by atoms with Crippen LogP contribution in [0.2, 0.25) is 0 Å². The fourth-order valence-electron chi connectivity index (χ4n) is 7.49. The number of hydrogen-bond donors (Lipinski definition) is 3. The summed E-state index contributed by atoms with van der Waals surface area (Å²) in [4.78, 5) is 12.4. The minimum atomic E-state index is -0.843. The lowest BCUT2D eigenvalue weighted by molar-refractivity contribution is -0.123. The van der Waals surface area contributed by atoms with Crippen LogP contribution in [0.1, 0.15) is 239 Å². The maximum absolute atomic E-state index is 12.4. The molecule has 0 spiro atoms. The highest BCUT2D eigenvalue weighted by Gasteiger charge is 2.18. The summed E-state index contributed by atoms with van der Waals surface area (Å²) in [6.45, 7) is 4.18. The van der Waals surface area contributed by atoms with Crippen molar-refractivity contribution in [3.63, 3.8) is 0 Å². The molecule has 0 bridgehead atoms. The van der Waals surface area contributed by atoms with Crippen molar-refractivity contribution < 1.29 is 15.0 Å². The van der Waals surface area contributed by atoms with Crippen molar-refractivity contribution >= 4 is 5.91 Å². The molecule has 0 aromatic heterocycles.